The molecule has 0 radical (unpaired) electrons. The highest BCUT2D eigenvalue weighted by Gasteiger charge is 2.02. The SMILES string of the molecule is CCCCC/C=C/C=C/C(CCCCCCCC(=O)O)OC. The van der Waals surface area contributed by atoms with Gasteiger partial charge in [-0.15, -0.1) is 0 Å². The zero-order valence-electron chi connectivity index (χ0n) is 14.4. The average molecular weight is 310 g/mol. The molecule has 0 aromatic rings. The van der Waals surface area contributed by atoms with Gasteiger partial charge in [0.15, 0.2) is 0 Å². The fourth-order valence-electron chi connectivity index (χ4n) is 2.32. The van der Waals surface area contributed by atoms with Crippen molar-refractivity contribution in [1.82, 2.24) is 0 Å². The molecular weight excluding hydrogens is 276 g/mol. The Kier molecular flexibility index (Phi) is 15.5. The van der Waals surface area contributed by atoms with Crippen molar-refractivity contribution in [3.05, 3.63) is 24.3 Å². The van der Waals surface area contributed by atoms with Crippen molar-refractivity contribution in [1.29, 1.82) is 0 Å². The quantitative estimate of drug-likeness (QED) is 0.320. The lowest BCUT2D eigenvalue weighted by Gasteiger charge is -2.10. The highest BCUT2D eigenvalue weighted by atomic mass is 16.5. The van der Waals surface area contributed by atoms with Crippen molar-refractivity contribution < 1.29 is 14.6 Å². The van der Waals surface area contributed by atoms with Gasteiger partial charge in [-0.3, -0.25) is 4.79 Å². The van der Waals surface area contributed by atoms with Crippen molar-refractivity contribution in [2.45, 2.75) is 83.7 Å². The largest absolute Gasteiger partial charge is 0.481 e. The number of hydrogen-bond donors (Lipinski definition) is 1. The third-order valence-corrected chi connectivity index (χ3v) is 3.73. The Morgan fingerprint density at radius 1 is 1.05 bits per heavy atom. The summed E-state index contributed by atoms with van der Waals surface area (Å²) in [5.74, 6) is -0.688. The molecule has 0 saturated carbocycles. The van der Waals surface area contributed by atoms with Gasteiger partial charge in [0, 0.05) is 13.5 Å². The molecule has 1 N–H and O–H groups in total. The van der Waals surface area contributed by atoms with Gasteiger partial charge in [-0.1, -0.05) is 69.8 Å². The third kappa shape index (κ3) is 15.3. The van der Waals surface area contributed by atoms with Crippen LogP contribution in [0.25, 0.3) is 0 Å². The van der Waals surface area contributed by atoms with E-state index in [9.17, 15) is 4.79 Å². The Hall–Kier alpha value is -1.09. The number of allylic oxidation sites excluding steroid dienone is 3. The topological polar surface area (TPSA) is 46.5 Å². The Morgan fingerprint density at radius 2 is 1.77 bits per heavy atom. The van der Waals surface area contributed by atoms with Gasteiger partial charge in [0.25, 0.3) is 0 Å². The molecule has 0 aliphatic carbocycles. The molecule has 3 heteroatoms. The predicted octanol–water partition coefficient (Wildman–Crippen LogP) is 5.51. The lowest BCUT2D eigenvalue weighted by molar-refractivity contribution is -0.137. The van der Waals surface area contributed by atoms with Crippen molar-refractivity contribution >= 4 is 5.97 Å². The molecule has 3 nitrogen and oxygen atoms in total. The molecule has 1 unspecified atom stereocenters. The van der Waals surface area contributed by atoms with Crippen LogP contribution in [-0.2, 0) is 9.53 Å². The zero-order chi connectivity index (χ0) is 16.5. The maximum absolute atomic E-state index is 10.4. The van der Waals surface area contributed by atoms with Crippen LogP contribution >= 0.6 is 0 Å². The molecule has 0 bridgehead atoms. The van der Waals surface area contributed by atoms with Crippen LogP contribution in [0.15, 0.2) is 24.3 Å². The second kappa shape index (κ2) is 16.3. The van der Waals surface area contributed by atoms with Crippen molar-refractivity contribution in [2.75, 3.05) is 7.11 Å². The molecule has 0 fully saturated rings. The Morgan fingerprint density at radius 3 is 2.45 bits per heavy atom. The first-order chi connectivity index (χ1) is 10.7. The second-order valence-electron chi connectivity index (χ2n) is 5.78. The maximum atomic E-state index is 10.4. The fourth-order valence-corrected chi connectivity index (χ4v) is 2.32. The van der Waals surface area contributed by atoms with E-state index in [0.29, 0.717) is 6.42 Å². The predicted molar refractivity (Wildman–Crippen MR) is 93.2 cm³/mol. The summed E-state index contributed by atoms with van der Waals surface area (Å²) in [5.41, 5.74) is 0. The van der Waals surface area contributed by atoms with E-state index < -0.39 is 5.97 Å². The first kappa shape index (κ1) is 20.9. The number of carboxylic acids is 1. The summed E-state index contributed by atoms with van der Waals surface area (Å²) in [4.78, 5) is 10.4. The van der Waals surface area contributed by atoms with Crippen LogP contribution in [0.4, 0.5) is 0 Å². The summed E-state index contributed by atoms with van der Waals surface area (Å²) in [5, 5.41) is 8.55. The van der Waals surface area contributed by atoms with Gasteiger partial charge in [0.1, 0.15) is 0 Å². The van der Waals surface area contributed by atoms with Crippen LogP contribution in [-0.4, -0.2) is 24.3 Å². The van der Waals surface area contributed by atoms with E-state index in [1.165, 1.54) is 19.3 Å². The van der Waals surface area contributed by atoms with Gasteiger partial charge < -0.3 is 9.84 Å². The van der Waals surface area contributed by atoms with Gasteiger partial charge in [-0.2, -0.15) is 0 Å². The number of unbranched alkanes of at least 4 members (excludes halogenated alkanes) is 7. The smallest absolute Gasteiger partial charge is 0.303 e. The molecule has 0 heterocycles. The summed E-state index contributed by atoms with van der Waals surface area (Å²) in [6.07, 6.45) is 20.3. The third-order valence-electron chi connectivity index (χ3n) is 3.73. The normalized spacial score (nSPS) is 13.2. The van der Waals surface area contributed by atoms with Gasteiger partial charge in [-0.25, -0.2) is 0 Å². The highest BCUT2D eigenvalue weighted by Crippen LogP contribution is 2.11. The molecule has 0 spiro atoms. The molecule has 0 aliphatic heterocycles. The first-order valence-electron chi connectivity index (χ1n) is 8.78. The Labute approximate surface area is 136 Å². The summed E-state index contributed by atoms with van der Waals surface area (Å²) in [7, 11) is 1.76. The molecule has 0 rings (SSSR count). The summed E-state index contributed by atoms with van der Waals surface area (Å²) in [6.45, 7) is 2.22. The molecule has 0 saturated heterocycles. The van der Waals surface area contributed by atoms with E-state index in [1.807, 2.05) is 0 Å². The summed E-state index contributed by atoms with van der Waals surface area (Å²) >= 11 is 0. The number of rotatable bonds is 15. The lowest BCUT2D eigenvalue weighted by Crippen LogP contribution is -2.06. The Bertz CT molecular complexity index is 308. The first-order valence-corrected chi connectivity index (χ1v) is 8.78. The molecule has 0 aromatic carbocycles. The molecule has 1 atom stereocenters. The minimum atomic E-state index is -0.688. The number of carboxylic acid groups (broad SMARTS) is 1. The molecular formula is C19H34O3. The zero-order valence-corrected chi connectivity index (χ0v) is 14.4. The number of carbonyl (C=O) groups is 1. The number of ether oxygens (including phenoxy) is 1. The monoisotopic (exact) mass is 310 g/mol. The molecule has 22 heavy (non-hydrogen) atoms. The van der Waals surface area contributed by atoms with Crippen molar-refractivity contribution in [3.63, 3.8) is 0 Å². The van der Waals surface area contributed by atoms with Gasteiger partial charge in [-0.05, 0) is 25.7 Å². The van der Waals surface area contributed by atoms with E-state index in [4.69, 9.17) is 9.84 Å². The van der Waals surface area contributed by atoms with Crippen LogP contribution in [0.3, 0.4) is 0 Å². The summed E-state index contributed by atoms with van der Waals surface area (Å²) in [6, 6.07) is 0. The van der Waals surface area contributed by atoms with E-state index >= 15 is 0 Å². The van der Waals surface area contributed by atoms with Crippen LogP contribution in [0.2, 0.25) is 0 Å². The number of methoxy groups -OCH3 is 1. The van der Waals surface area contributed by atoms with Gasteiger partial charge in [0.05, 0.1) is 6.10 Å². The highest BCUT2D eigenvalue weighted by molar-refractivity contribution is 5.66. The van der Waals surface area contributed by atoms with Gasteiger partial charge >= 0.3 is 5.97 Å². The van der Waals surface area contributed by atoms with E-state index in [1.54, 1.807) is 7.11 Å². The molecule has 0 aromatic heterocycles. The van der Waals surface area contributed by atoms with Crippen molar-refractivity contribution in [3.8, 4) is 0 Å². The summed E-state index contributed by atoms with van der Waals surface area (Å²) < 4.78 is 5.46. The van der Waals surface area contributed by atoms with Crippen LogP contribution < -0.4 is 0 Å². The molecule has 0 aliphatic rings. The number of aliphatic carboxylic acids is 1. The van der Waals surface area contributed by atoms with E-state index in [0.717, 1.165) is 44.9 Å². The number of hydrogen-bond acceptors (Lipinski definition) is 2. The van der Waals surface area contributed by atoms with Crippen LogP contribution in [0, 0.1) is 0 Å². The van der Waals surface area contributed by atoms with Gasteiger partial charge in [0.2, 0.25) is 0 Å². The van der Waals surface area contributed by atoms with Crippen LogP contribution in [0.1, 0.15) is 77.6 Å². The average Bonchev–Trinajstić information content (AvgIpc) is 2.50. The van der Waals surface area contributed by atoms with Crippen molar-refractivity contribution in [2.24, 2.45) is 0 Å². The minimum absolute atomic E-state index is 0.194. The van der Waals surface area contributed by atoms with E-state index in [-0.39, 0.29) is 6.10 Å². The lowest BCUT2D eigenvalue weighted by atomic mass is 10.1. The van der Waals surface area contributed by atoms with E-state index in [2.05, 4.69) is 31.2 Å². The molecule has 0 amide bonds. The maximum Gasteiger partial charge on any atom is 0.303 e. The standard InChI is InChI=1S/C19H34O3/c1-3-4-5-6-7-9-12-15-18(22-2)16-13-10-8-11-14-17-19(20)21/h7,9,12,15,18H,3-6,8,10-11,13-14,16-17H2,1-2H3,(H,20,21)/b9-7+,15-12+. The Balaban J connectivity index is 3.59. The minimum Gasteiger partial charge on any atom is -0.481 e. The second-order valence-corrected chi connectivity index (χ2v) is 5.78. The van der Waals surface area contributed by atoms with Crippen LogP contribution in [0.5, 0.6) is 0 Å². The fraction of sp³-hybridized carbons (Fsp3) is 0.737. The molecule has 128 valence electrons.